The lowest BCUT2D eigenvalue weighted by molar-refractivity contribution is 0.174. The number of ether oxygens (including phenoxy) is 2. The first-order chi connectivity index (χ1) is 11.5. The molecular weight excluding hydrogens is 330 g/mol. The van der Waals surface area contributed by atoms with E-state index < -0.39 is 10.0 Å². The number of nitrogens with zero attached hydrogens (tertiary/aromatic N) is 3. The van der Waals surface area contributed by atoms with Gasteiger partial charge in [-0.3, -0.25) is 4.31 Å². The summed E-state index contributed by atoms with van der Waals surface area (Å²) in [5.41, 5.74) is 2.22. The summed E-state index contributed by atoms with van der Waals surface area (Å²) in [6, 6.07) is 9.95. The van der Waals surface area contributed by atoms with E-state index in [0.29, 0.717) is 17.2 Å². The molecule has 1 aliphatic heterocycles. The first-order valence-electron chi connectivity index (χ1n) is 7.26. The van der Waals surface area contributed by atoms with Gasteiger partial charge in [0.25, 0.3) is 10.0 Å². The van der Waals surface area contributed by atoms with Crippen LogP contribution < -0.4 is 13.8 Å². The van der Waals surface area contributed by atoms with Crippen molar-refractivity contribution in [2.45, 2.75) is 4.90 Å². The minimum atomic E-state index is -3.71. The van der Waals surface area contributed by atoms with Crippen molar-refractivity contribution in [1.29, 1.82) is 0 Å². The topological polar surface area (TPSA) is 73.7 Å². The quantitative estimate of drug-likeness (QED) is 0.727. The van der Waals surface area contributed by atoms with Crippen LogP contribution in [0.4, 0.5) is 5.69 Å². The molecule has 0 saturated heterocycles. The molecule has 4 rings (SSSR count). The molecule has 124 valence electrons. The van der Waals surface area contributed by atoms with Gasteiger partial charge in [-0.25, -0.2) is 13.4 Å². The normalized spacial score (nSPS) is 13.4. The number of hydrogen-bond acceptors (Lipinski definition) is 5. The van der Waals surface area contributed by atoms with Gasteiger partial charge in [-0.2, -0.15) is 0 Å². The second-order valence-electron chi connectivity index (χ2n) is 5.52. The fourth-order valence-electron chi connectivity index (χ4n) is 2.65. The van der Waals surface area contributed by atoms with Gasteiger partial charge < -0.3 is 14.0 Å². The third kappa shape index (κ3) is 2.18. The zero-order valence-electron chi connectivity index (χ0n) is 13.1. The third-order valence-corrected chi connectivity index (χ3v) is 5.86. The van der Waals surface area contributed by atoms with E-state index in [1.54, 1.807) is 24.5 Å². The van der Waals surface area contributed by atoms with Gasteiger partial charge in [0.05, 0.1) is 27.9 Å². The second kappa shape index (κ2) is 5.13. The van der Waals surface area contributed by atoms with Gasteiger partial charge in [-0.1, -0.05) is 0 Å². The predicted molar refractivity (Wildman–Crippen MR) is 88.9 cm³/mol. The lowest BCUT2D eigenvalue weighted by Gasteiger charge is -2.19. The first-order valence-corrected chi connectivity index (χ1v) is 8.70. The van der Waals surface area contributed by atoms with Crippen LogP contribution in [0.25, 0.3) is 11.0 Å². The van der Waals surface area contributed by atoms with E-state index in [1.807, 2.05) is 17.7 Å². The van der Waals surface area contributed by atoms with Crippen LogP contribution in [0.5, 0.6) is 11.5 Å². The lowest BCUT2D eigenvalue weighted by Crippen LogP contribution is -2.26. The zero-order valence-corrected chi connectivity index (χ0v) is 13.9. The van der Waals surface area contributed by atoms with E-state index >= 15 is 0 Å². The molecule has 24 heavy (non-hydrogen) atoms. The Bertz CT molecular complexity index is 1040. The van der Waals surface area contributed by atoms with Crippen molar-refractivity contribution in [3.8, 4) is 11.5 Å². The largest absolute Gasteiger partial charge is 0.454 e. The summed E-state index contributed by atoms with van der Waals surface area (Å²) in [6.07, 6.45) is 1.70. The van der Waals surface area contributed by atoms with Crippen molar-refractivity contribution in [3.63, 3.8) is 0 Å². The molecule has 0 fully saturated rings. The molecule has 0 atom stereocenters. The summed E-state index contributed by atoms with van der Waals surface area (Å²) < 4.78 is 39.4. The maximum Gasteiger partial charge on any atom is 0.264 e. The number of imidazole rings is 1. The van der Waals surface area contributed by atoms with Crippen molar-refractivity contribution >= 4 is 26.7 Å². The fourth-order valence-corrected chi connectivity index (χ4v) is 3.86. The second-order valence-corrected chi connectivity index (χ2v) is 7.49. The van der Waals surface area contributed by atoms with Gasteiger partial charge in [-0.15, -0.1) is 0 Å². The molecule has 0 aliphatic carbocycles. The highest BCUT2D eigenvalue weighted by Crippen LogP contribution is 2.35. The Morgan fingerprint density at radius 1 is 1.12 bits per heavy atom. The van der Waals surface area contributed by atoms with Gasteiger partial charge in [-0.05, 0) is 30.3 Å². The highest BCUT2D eigenvalue weighted by atomic mass is 32.2. The molecule has 2 heterocycles. The summed E-state index contributed by atoms with van der Waals surface area (Å²) in [5.74, 6) is 0.983. The Labute approximate surface area is 139 Å². The minimum Gasteiger partial charge on any atom is -0.454 e. The number of anilines is 1. The number of aryl methyl sites for hydroxylation is 1. The average Bonchev–Trinajstić information content (AvgIpc) is 3.19. The van der Waals surface area contributed by atoms with Crippen LogP contribution in [-0.4, -0.2) is 31.8 Å². The van der Waals surface area contributed by atoms with E-state index in [1.165, 1.54) is 23.5 Å². The summed E-state index contributed by atoms with van der Waals surface area (Å²) >= 11 is 0. The molecule has 8 heteroatoms. The van der Waals surface area contributed by atoms with E-state index in [0.717, 1.165) is 11.0 Å². The lowest BCUT2D eigenvalue weighted by atomic mass is 10.3. The predicted octanol–water partition coefficient (Wildman–Crippen LogP) is 2.13. The number of rotatable bonds is 3. The number of benzene rings is 2. The van der Waals surface area contributed by atoms with Crippen LogP contribution in [0.3, 0.4) is 0 Å². The molecule has 0 N–H and O–H groups in total. The molecule has 0 saturated carbocycles. The van der Waals surface area contributed by atoms with Crippen molar-refractivity contribution in [1.82, 2.24) is 9.55 Å². The van der Waals surface area contributed by atoms with Crippen LogP contribution in [-0.2, 0) is 17.1 Å². The zero-order chi connectivity index (χ0) is 16.9. The smallest absolute Gasteiger partial charge is 0.264 e. The fraction of sp³-hybridized carbons (Fsp3) is 0.188. The molecule has 1 aromatic heterocycles. The molecule has 0 bridgehead atoms. The molecule has 0 spiro atoms. The molecule has 1 aliphatic rings. The highest BCUT2D eigenvalue weighted by Gasteiger charge is 2.25. The molecule has 2 aromatic carbocycles. The van der Waals surface area contributed by atoms with Crippen LogP contribution >= 0.6 is 0 Å². The Kier molecular flexibility index (Phi) is 3.17. The van der Waals surface area contributed by atoms with Gasteiger partial charge >= 0.3 is 0 Å². The van der Waals surface area contributed by atoms with Crippen molar-refractivity contribution in [2.24, 2.45) is 7.05 Å². The van der Waals surface area contributed by atoms with Gasteiger partial charge in [0.15, 0.2) is 11.5 Å². The van der Waals surface area contributed by atoms with Crippen LogP contribution in [0.15, 0.2) is 47.6 Å². The molecule has 0 radical (unpaired) electrons. The summed E-state index contributed by atoms with van der Waals surface area (Å²) in [4.78, 5) is 4.42. The monoisotopic (exact) mass is 345 g/mol. The minimum absolute atomic E-state index is 0.102. The van der Waals surface area contributed by atoms with Crippen LogP contribution in [0, 0.1) is 0 Å². The summed E-state index contributed by atoms with van der Waals surface area (Å²) in [7, 11) is -0.303. The molecule has 0 unspecified atom stereocenters. The number of hydrogen-bond donors (Lipinski definition) is 0. The third-order valence-electron chi connectivity index (χ3n) is 4.08. The Balaban J connectivity index is 1.74. The average molecular weight is 345 g/mol. The highest BCUT2D eigenvalue weighted by molar-refractivity contribution is 7.92. The first kappa shape index (κ1) is 14.8. The van der Waals surface area contributed by atoms with E-state index in [-0.39, 0.29) is 11.7 Å². The maximum atomic E-state index is 12.9. The SMILES string of the molecule is CN(c1ccc2c(c1)ncn2C)S(=O)(=O)c1ccc2c(c1)OCO2. The Morgan fingerprint density at radius 3 is 2.75 bits per heavy atom. The molecule has 7 nitrogen and oxygen atoms in total. The molecule has 3 aromatic rings. The molecule has 0 amide bonds. The maximum absolute atomic E-state index is 12.9. The van der Waals surface area contributed by atoms with Crippen molar-refractivity contribution in [2.75, 3.05) is 18.1 Å². The summed E-state index contributed by atoms with van der Waals surface area (Å²) in [6.45, 7) is 0.102. The Hall–Kier alpha value is -2.74. The Morgan fingerprint density at radius 2 is 1.92 bits per heavy atom. The van der Waals surface area contributed by atoms with E-state index in [9.17, 15) is 8.42 Å². The number of aromatic nitrogens is 2. The number of fused-ring (bicyclic) bond motifs is 2. The van der Waals surface area contributed by atoms with Crippen molar-refractivity contribution in [3.05, 3.63) is 42.7 Å². The summed E-state index contributed by atoms with van der Waals surface area (Å²) in [5, 5.41) is 0. The standard InChI is InChI=1S/C16H15N3O4S/c1-18-9-17-13-7-11(3-5-14(13)18)19(2)24(20,21)12-4-6-15-16(8-12)23-10-22-15/h3-9H,10H2,1-2H3. The molecular formula is C16H15N3O4S. The van der Waals surface area contributed by atoms with Crippen molar-refractivity contribution < 1.29 is 17.9 Å². The van der Waals surface area contributed by atoms with Gasteiger partial charge in [0.1, 0.15) is 0 Å². The van der Waals surface area contributed by atoms with Gasteiger partial charge in [0.2, 0.25) is 6.79 Å². The number of sulfonamides is 1. The van der Waals surface area contributed by atoms with E-state index in [2.05, 4.69) is 4.98 Å². The van der Waals surface area contributed by atoms with E-state index in [4.69, 9.17) is 9.47 Å². The van der Waals surface area contributed by atoms with Gasteiger partial charge in [0, 0.05) is 20.2 Å². The van der Waals surface area contributed by atoms with Crippen LogP contribution in [0.1, 0.15) is 0 Å². The van der Waals surface area contributed by atoms with Crippen LogP contribution in [0.2, 0.25) is 0 Å².